The number of carboxylic acid groups (broad SMARTS) is 1. The van der Waals surface area contributed by atoms with E-state index in [2.05, 4.69) is 0 Å². The molecule has 0 aliphatic carbocycles. The fourth-order valence-electron chi connectivity index (χ4n) is 1.81. The highest BCUT2D eigenvalue weighted by Crippen LogP contribution is 2.38. The van der Waals surface area contributed by atoms with Gasteiger partial charge < -0.3 is 9.84 Å². The van der Waals surface area contributed by atoms with Crippen molar-refractivity contribution in [1.29, 1.82) is 0 Å². The van der Waals surface area contributed by atoms with Gasteiger partial charge in [0, 0.05) is 12.5 Å². The molecule has 98 valence electrons. The van der Waals surface area contributed by atoms with E-state index in [1.165, 1.54) is 6.92 Å². The van der Waals surface area contributed by atoms with Crippen LogP contribution < -0.4 is 4.74 Å². The van der Waals surface area contributed by atoms with Crippen LogP contribution in [-0.4, -0.2) is 17.0 Å². The molecule has 0 heterocycles. The lowest BCUT2D eigenvalue weighted by atomic mass is 9.73. The minimum atomic E-state index is -1.09. The van der Waals surface area contributed by atoms with E-state index in [-0.39, 0.29) is 5.92 Å². The molecule has 0 radical (unpaired) electrons. The van der Waals surface area contributed by atoms with Crippen LogP contribution in [0.25, 0.3) is 0 Å². The SMILES string of the molecule is CC(=O)Oc1ccccc1C(C)(C(=O)O)C(C)C. The first-order valence-corrected chi connectivity index (χ1v) is 5.81. The zero-order chi connectivity index (χ0) is 13.9. The van der Waals surface area contributed by atoms with Crippen molar-refractivity contribution >= 4 is 11.9 Å². The summed E-state index contributed by atoms with van der Waals surface area (Å²) in [4.78, 5) is 22.6. The average molecular weight is 250 g/mol. The Bertz CT molecular complexity index is 465. The summed E-state index contributed by atoms with van der Waals surface area (Å²) in [7, 11) is 0. The topological polar surface area (TPSA) is 63.6 Å². The maximum atomic E-state index is 11.6. The van der Waals surface area contributed by atoms with Crippen molar-refractivity contribution in [3.63, 3.8) is 0 Å². The Balaban J connectivity index is 3.38. The Kier molecular flexibility index (Phi) is 4.11. The monoisotopic (exact) mass is 250 g/mol. The molecule has 0 aliphatic heterocycles. The highest BCUT2D eigenvalue weighted by molar-refractivity contribution is 5.83. The second-order valence-corrected chi connectivity index (χ2v) is 4.75. The molecule has 18 heavy (non-hydrogen) atoms. The van der Waals surface area contributed by atoms with Crippen molar-refractivity contribution in [1.82, 2.24) is 0 Å². The van der Waals surface area contributed by atoms with Crippen molar-refractivity contribution in [3.05, 3.63) is 29.8 Å². The predicted octanol–water partition coefficient (Wildman–Crippen LogP) is 2.61. The maximum absolute atomic E-state index is 11.6. The number of ether oxygens (including phenoxy) is 1. The van der Waals surface area contributed by atoms with Gasteiger partial charge in [-0.3, -0.25) is 9.59 Å². The summed E-state index contributed by atoms with van der Waals surface area (Å²) in [6, 6.07) is 6.75. The number of hydrogen-bond donors (Lipinski definition) is 1. The van der Waals surface area contributed by atoms with Gasteiger partial charge in [-0.25, -0.2) is 0 Å². The minimum Gasteiger partial charge on any atom is -0.481 e. The average Bonchev–Trinajstić information content (AvgIpc) is 2.27. The van der Waals surface area contributed by atoms with E-state index in [1.807, 2.05) is 13.8 Å². The number of carboxylic acids is 1. The summed E-state index contributed by atoms with van der Waals surface area (Å²) in [5, 5.41) is 9.47. The molecule has 1 aromatic rings. The molecule has 0 bridgehead atoms. The summed E-state index contributed by atoms with van der Waals surface area (Å²) < 4.78 is 5.09. The van der Waals surface area contributed by atoms with Gasteiger partial charge in [-0.1, -0.05) is 32.0 Å². The number of rotatable bonds is 4. The van der Waals surface area contributed by atoms with Gasteiger partial charge in [-0.05, 0) is 18.9 Å². The number of carbonyl (C=O) groups excluding carboxylic acids is 1. The second kappa shape index (κ2) is 5.21. The fraction of sp³-hybridized carbons (Fsp3) is 0.429. The van der Waals surface area contributed by atoms with Crippen LogP contribution in [0.1, 0.15) is 33.3 Å². The molecular weight excluding hydrogens is 232 g/mol. The molecule has 0 fully saturated rings. The van der Waals surface area contributed by atoms with Gasteiger partial charge in [0.2, 0.25) is 0 Å². The molecule has 0 spiro atoms. The highest BCUT2D eigenvalue weighted by Gasteiger charge is 2.40. The summed E-state index contributed by atoms with van der Waals surface area (Å²) in [6.45, 7) is 6.60. The molecule has 0 amide bonds. The molecule has 1 atom stereocenters. The maximum Gasteiger partial charge on any atom is 0.314 e. The molecule has 4 heteroatoms. The van der Waals surface area contributed by atoms with Crippen LogP contribution >= 0.6 is 0 Å². The van der Waals surface area contributed by atoms with E-state index >= 15 is 0 Å². The van der Waals surface area contributed by atoms with Crippen molar-refractivity contribution < 1.29 is 19.4 Å². The van der Waals surface area contributed by atoms with Crippen LogP contribution in [0, 0.1) is 5.92 Å². The van der Waals surface area contributed by atoms with Gasteiger partial charge in [0.15, 0.2) is 0 Å². The number of benzene rings is 1. The molecular formula is C14H18O4. The second-order valence-electron chi connectivity index (χ2n) is 4.75. The molecule has 1 N–H and O–H groups in total. The molecule has 0 saturated carbocycles. The van der Waals surface area contributed by atoms with Crippen LogP contribution in [0.4, 0.5) is 0 Å². The molecule has 0 aliphatic rings. The quantitative estimate of drug-likeness (QED) is 0.659. The van der Waals surface area contributed by atoms with Crippen LogP contribution in [0.5, 0.6) is 5.75 Å². The highest BCUT2D eigenvalue weighted by atomic mass is 16.5. The first-order chi connectivity index (χ1) is 8.30. The summed E-state index contributed by atoms with van der Waals surface area (Å²) >= 11 is 0. The Labute approximate surface area is 107 Å². The van der Waals surface area contributed by atoms with E-state index < -0.39 is 17.4 Å². The number of hydrogen-bond acceptors (Lipinski definition) is 3. The lowest BCUT2D eigenvalue weighted by molar-refractivity contribution is -0.145. The van der Waals surface area contributed by atoms with Gasteiger partial charge in [0.1, 0.15) is 5.75 Å². The third kappa shape index (κ3) is 2.53. The normalized spacial score (nSPS) is 14.1. The predicted molar refractivity (Wildman–Crippen MR) is 67.6 cm³/mol. The standard InChI is InChI=1S/C14H18O4/c1-9(2)14(4,13(16)17)11-7-5-6-8-12(11)18-10(3)15/h5-9H,1-4H3,(H,16,17). The van der Waals surface area contributed by atoms with Crippen molar-refractivity contribution in [2.24, 2.45) is 5.92 Å². The molecule has 0 aromatic heterocycles. The Morgan fingerprint density at radius 3 is 2.28 bits per heavy atom. The summed E-state index contributed by atoms with van der Waals surface area (Å²) in [5.41, 5.74) is -0.575. The van der Waals surface area contributed by atoms with Crippen LogP contribution in [0.15, 0.2) is 24.3 Å². The molecule has 4 nitrogen and oxygen atoms in total. The summed E-state index contributed by atoms with van der Waals surface area (Å²) in [5.74, 6) is -1.22. The van der Waals surface area contributed by atoms with E-state index in [1.54, 1.807) is 31.2 Å². The zero-order valence-corrected chi connectivity index (χ0v) is 11.1. The van der Waals surface area contributed by atoms with Gasteiger partial charge in [-0.15, -0.1) is 0 Å². The van der Waals surface area contributed by atoms with Gasteiger partial charge >= 0.3 is 11.9 Å². The van der Waals surface area contributed by atoms with Gasteiger partial charge in [-0.2, -0.15) is 0 Å². The van der Waals surface area contributed by atoms with Crippen molar-refractivity contribution in [3.8, 4) is 5.75 Å². The smallest absolute Gasteiger partial charge is 0.314 e. The summed E-state index contributed by atoms with van der Waals surface area (Å²) in [6.07, 6.45) is 0. The first kappa shape index (κ1) is 14.2. The third-order valence-corrected chi connectivity index (χ3v) is 3.30. The van der Waals surface area contributed by atoms with Crippen LogP contribution in [-0.2, 0) is 15.0 Å². The number of esters is 1. The van der Waals surface area contributed by atoms with E-state index in [4.69, 9.17) is 4.74 Å². The third-order valence-electron chi connectivity index (χ3n) is 3.30. The van der Waals surface area contributed by atoms with E-state index in [0.29, 0.717) is 11.3 Å². The number of aliphatic carboxylic acids is 1. The van der Waals surface area contributed by atoms with Crippen LogP contribution in [0.3, 0.4) is 0 Å². The molecule has 1 rings (SSSR count). The van der Waals surface area contributed by atoms with Gasteiger partial charge in [0.25, 0.3) is 0 Å². The molecule has 0 saturated heterocycles. The fourth-order valence-corrected chi connectivity index (χ4v) is 1.81. The molecule has 1 aromatic carbocycles. The minimum absolute atomic E-state index is 0.133. The largest absolute Gasteiger partial charge is 0.481 e. The van der Waals surface area contributed by atoms with Crippen molar-refractivity contribution in [2.75, 3.05) is 0 Å². The van der Waals surface area contributed by atoms with E-state index in [0.717, 1.165) is 0 Å². The Hall–Kier alpha value is -1.84. The van der Waals surface area contributed by atoms with Crippen LogP contribution in [0.2, 0.25) is 0 Å². The Morgan fingerprint density at radius 1 is 1.28 bits per heavy atom. The lowest BCUT2D eigenvalue weighted by Gasteiger charge is -2.30. The number of carbonyl (C=O) groups is 2. The zero-order valence-electron chi connectivity index (χ0n) is 11.1. The van der Waals surface area contributed by atoms with E-state index in [9.17, 15) is 14.7 Å². The van der Waals surface area contributed by atoms with Gasteiger partial charge in [0.05, 0.1) is 5.41 Å². The molecule has 1 unspecified atom stereocenters. The van der Waals surface area contributed by atoms with Crippen molar-refractivity contribution in [2.45, 2.75) is 33.1 Å². The number of para-hydroxylation sites is 1. The lowest BCUT2D eigenvalue weighted by Crippen LogP contribution is -2.38. The first-order valence-electron chi connectivity index (χ1n) is 5.81. The Morgan fingerprint density at radius 2 is 1.83 bits per heavy atom.